The maximum Gasteiger partial charge on any atom is 0.0934 e. The van der Waals surface area contributed by atoms with Gasteiger partial charge in [-0.2, -0.15) is 0 Å². The zero-order chi connectivity index (χ0) is 46.2. The molecule has 1 aliphatic heterocycles. The summed E-state index contributed by atoms with van der Waals surface area (Å²) in [5.41, 5.74) is 2.71. The molecule has 5 aliphatic rings. The topological polar surface area (TPSA) is 49.4 Å². The third-order valence-electron chi connectivity index (χ3n) is 18.0. The number of rotatable bonds is 36. The van der Waals surface area contributed by atoms with E-state index in [1.807, 2.05) is 7.11 Å². The third-order valence-corrected chi connectivity index (χ3v) is 18.0. The van der Waals surface area contributed by atoms with Gasteiger partial charge in [-0.15, -0.1) is 0 Å². The monoisotopic (exact) mass is 910 g/mol. The molecule has 0 bridgehead atoms. The number of ether oxygens (including phenoxy) is 5. The number of hydrogen-bond acceptors (Lipinski definition) is 6. The van der Waals surface area contributed by atoms with Crippen molar-refractivity contribution in [1.29, 1.82) is 0 Å². The minimum Gasteiger partial charge on any atom is -0.381 e. The lowest BCUT2D eigenvalue weighted by Gasteiger charge is -2.58. The highest BCUT2D eigenvalue weighted by molar-refractivity contribution is 5.25. The first-order valence-corrected chi connectivity index (χ1v) is 28.7. The molecule has 0 spiro atoms. The molecule has 65 heavy (non-hydrogen) atoms. The standard InChI is InChI=1S/C59H107NO5/c1-8-9-10-11-12-13-14-15-16-17-18-19-20-21-22-23-39-63-47-53(46-60-38-35-52(45-60)61-7)65-43-26-41-62-40-25-42-64-51-33-36-58(5)50(44-51)29-30-54-56-32-31-55(49(4)28-24-27-48(2)3)59(56,6)37-34-57(54)58/h15-16,29,48-49,51-57H,8-14,17-28,30-47H2,1-7H3/t49-,51+,52?,53?,54+,55-,56+,57+,58+,59-/m1/s1. The van der Waals surface area contributed by atoms with Crippen molar-refractivity contribution >= 4 is 0 Å². The van der Waals surface area contributed by atoms with E-state index in [0.717, 1.165) is 120 Å². The molecule has 2 unspecified atom stereocenters. The van der Waals surface area contributed by atoms with Crippen molar-refractivity contribution in [3.8, 4) is 0 Å². The van der Waals surface area contributed by atoms with Crippen LogP contribution in [0, 0.1) is 46.3 Å². The second-order valence-corrected chi connectivity index (χ2v) is 23.3. The summed E-state index contributed by atoms with van der Waals surface area (Å²) < 4.78 is 30.9. The van der Waals surface area contributed by atoms with Crippen LogP contribution in [-0.2, 0) is 23.7 Å². The van der Waals surface area contributed by atoms with Gasteiger partial charge in [-0.05, 0) is 149 Å². The SMILES string of the molecule is CCCCCCCCC=CCCCCCCCCOCC(CN1CCC(OC)C1)OCCCOCCCO[C@H]1CC[C@@]2(C)C(=CC[C@H]3[C@@H]4CC[C@H]([C@H](C)CCCC(C)C)[C@@]4(C)CC[C@@H]32)C1. The van der Waals surface area contributed by atoms with Gasteiger partial charge in [0.2, 0.25) is 0 Å². The summed E-state index contributed by atoms with van der Waals surface area (Å²) >= 11 is 0. The first kappa shape index (κ1) is 55.2. The zero-order valence-electron chi connectivity index (χ0n) is 44.1. The van der Waals surface area contributed by atoms with Gasteiger partial charge >= 0.3 is 0 Å². The molecular weight excluding hydrogens is 803 g/mol. The van der Waals surface area contributed by atoms with E-state index >= 15 is 0 Å². The summed E-state index contributed by atoms with van der Waals surface area (Å²) in [4.78, 5) is 2.49. The second kappa shape index (κ2) is 30.8. The van der Waals surface area contributed by atoms with Gasteiger partial charge in [0.25, 0.3) is 0 Å². The summed E-state index contributed by atoms with van der Waals surface area (Å²) in [7, 11) is 1.84. The summed E-state index contributed by atoms with van der Waals surface area (Å²) in [5.74, 6) is 5.39. The third kappa shape index (κ3) is 18.2. The van der Waals surface area contributed by atoms with Crippen LogP contribution in [0.25, 0.3) is 0 Å². The highest BCUT2D eigenvalue weighted by Gasteiger charge is 2.59. The van der Waals surface area contributed by atoms with Crippen molar-refractivity contribution in [2.75, 3.05) is 66.4 Å². The van der Waals surface area contributed by atoms with Crippen molar-refractivity contribution < 1.29 is 23.7 Å². The highest BCUT2D eigenvalue weighted by Crippen LogP contribution is 2.67. The van der Waals surface area contributed by atoms with Gasteiger partial charge in [-0.1, -0.05) is 142 Å². The highest BCUT2D eigenvalue weighted by atomic mass is 16.5. The molecule has 378 valence electrons. The predicted molar refractivity (Wildman–Crippen MR) is 275 cm³/mol. The van der Waals surface area contributed by atoms with Crippen LogP contribution in [0.5, 0.6) is 0 Å². The van der Waals surface area contributed by atoms with Crippen LogP contribution in [0.15, 0.2) is 23.8 Å². The minimum absolute atomic E-state index is 0.0992. The van der Waals surface area contributed by atoms with Gasteiger partial charge in [-0.25, -0.2) is 0 Å². The van der Waals surface area contributed by atoms with Crippen molar-refractivity contribution in [3.05, 3.63) is 23.8 Å². The van der Waals surface area contributed by atoms with Gasteiger partial charge in [0, 0.05) is 59.8 Å². The molecule has 0 radical (unpaired) electrons. The van der Waals surface area contributed by atoms with E-state index in [0.29, 0.717) is 29.6 Å². The zero-order valence-corrected chi connectivity index (χ0v) is 44.1. The molecule has 1 heterocycles. The number of allylic oxidation sites excluding steroid dienone is 3. The van der Waals surface area contributed by atoms with Crippen molar-refractivity contribution in [3.63, 3.8) is 0 Å². The van der Waals surface area contributed by atoms with Crippen molar-refractivity contribution in [2.24, 2.45) is 46.3 Å². The van der Waals surface area contributed by atoms with E-state index in [1.54, 1.807) is 5.57 Å². The first-order chi connectivity index (χ1) is 31.7. The Labute approximate surface area is 403 Å². The summed E-state index contributed by atoms with van der Waals surface area (Å²) in [6.07, 6.45) is 45.2. The van der Waals surface area contributed by atoms with Gasteiger partial charge in [0.05, 0.1) is 24.9 Å². The molecule has 0 amide bonds. The fourth-order valence-electron chi connectivity index (χ4n) is 14.0. The Balaban J connectivity index is 0.889. The van der Waals surface area contributed by atoms with E-state index in [4.69, 9.17) is 23.7 Å². The fraction of sp³-hybridized carbons (Fsp3) is 0.932. The molecule has 4 aliphatic carbocycles. The molecule has 5 rings (SSSR count). The number of fused-ring (bicyclic) bond motifs is 5. The van der Waals surface area contributed by atoms with E-state index < -0.39 is 0 Å². The Morgan fingerprint density at radius 2 is 1.40 bits per heavy atom. The molecule has 0 aromatic carbocycles. The fourth-order valence-corrected chi connectivity index (χ4v) is 14.0. The Hall–Kier alpha value is -0.760. The summed E-state index contributed by atoms with van der Waals surface area (Å²) in [6.45, 7) is 22.6. The normalized spacial score (nSPS) is 30.2. The quantitative estimate of drug-likeness (QED) is 0.0461. The number of hydrogen-bond donors (Lipinski definition) is 0. The first-order valence-electron chi connectivity index (χ1n) is 28.7. The molecular formula is C59H107NO5. The Morgan fingerprint density at radius 1 is 0.692 bits per heavy atom. The van der Waals surface area contributed by atoms with Crippen LogP contribution >= 0.6 is 0 Å². The van der Waals surface area contributed by atoms with E-state index in [2.05, 4.69) is 64.7 Å². The lowest BCUT2D eigenvalue weighted by Crippen LogP contribution is -2.51. The van der Waals surface area contributed by atoms with E-state index in [-0.39, 0.29) is 6.10 Å². The molecule has 3 saturated carbocycles. The maximum atomic E-state index is 6.56. The van der Waals surface area contributed by atoms with E-state index in [9.17, 15) is 0 Å². The molecule has 0 aromatic heterocycles. The lowest BCUT2D eigenvalue weighted by molar-refractivity contribution is -0.0651. The lowest BCUT2D eigenvalue weighted by atomic mass is 9.47. The predicted octanol–water partition coefficient (Wildman–Crippen LogP) is 15.4. The Kier molecular flexibility index (Phi) is 26.1. The molecule has 0 aromatic rings. The van der Waals surface area contributed by atoms with Crippen LogP contribution in [0.3, 0.4) is 0 Å². The molecule has 10 atom stereocenters. The average molecular weight is 911 g/mol. The van der Waals surface area contributed by atoms with Crippen LogP contribution in [0.4, 0.5) is 0 Å². The number of nitrogens with zero attached hydrogens (tertiary/aromatic N) is 1. The number of unbranched alkanes of at least 4 members (excludes halogenated alkanes) is 12. The molecule has 4 fully saturated rings. The van der Waals surface area contributed by atoms with Gasteiger partial charge in [0.1, 0.15) is 0 Å². The van der Waals surface area contributed by atoms with Crippen LogP contribution < -0.4 is 0 Å². The Morgan fingerprint density at radius 3 is 2.12 bits per heavy atom. The molecule has 1 saturated heterocycles. The van der Waals surface area contributed by atoms with E-state index in [1.165, 1.54) is 148 Å². The average Bonchev–Trinajstić information content (AvgIpc) is 3.91. The van der Waals surface area contributed by atoms with Crippen LogP contribution in [-0.4, -0.2) is 89.6 Å². The minimum atomic E-state index is 0.0992. The smallest absolute Gasteiger partial charge is 0.0934 e. The second-order valence-electron chi connectivity index (χ2n) is 23.3. The van der Waals surface area contributed by atoms with Crippen molar-refractivity contribution in [2.45, 2.75) is 240 Å². The largest absolute Gasteiger partial charge is 0.381 e. The molecule has 0 N–H and O–H groups in total. The number of methoxy groups -OCH3 is 1. The summed E-state index contributed by atoms with van der Waals surface area (Å²) in [5, 5.41) is 0. The molecule has 6 heteroatoms. The number of likely N-dealkylation sites (tertiary alicyclic amines) is 1. The maximum absolute atomic E-state index is 6.56. The van der Waals surface area contributed by atoms with Gasteiger partial charge < -0.3 is 23.7 Å². The van der Waals surface area contributed by atoms with Crippen LogP contribution in [0.1, 0.15) is 221 Å². The Bertz CT molecular complexity index is 1300. The summed E-state index contributed by atoms with van der Waals surface area (Å²) in [6, 6.07) is 0. The van der Waals surface area contributed by atoms with Gasteiger partial charge in [-0.3, -0.25) is 4.90 Å². The van der Waals surface area contributed by atoms with Crippen molar-refractivity contribution in [1.82, 2.24) is 4.90 Å². The molecule has 6 nitrogen and oxygen atoms in total. The van der Waals surface area contributed by atoms with Crippen LogP contribution in [0.2, 0.25) is 0 Å². The van der Waals surface area contributed by atoms with Gasteiger partial charge in [0.15, 0.2) is 0 Å².